The van der Waals surface area contributed by atoms with Crippen molar-refractivity contribution in [1.82, 2.24) is 0 Å². The molecule has 21 heavy (non-hydrogen) atoms. The maximum absolute atomic E-state index is 13.3. The summed E-state index contributed by atoms with van der Waals surface area (Å²) >= 11 is 0. The average molecular weight is 285 g/mol. The SMILES string of the molecule is CC1CCc2cc(F)ccc2N1C(=O)/C=C/c1ccco1. The summed E-state index contributed by atoms with van der Waals surface area (Å²) < 4.78 is 18.5. The van der Waals surface area contributed by atoms with E-state index in [4.69, 9.17) is 4.42 Å². The molecule has 0 bridgehead atoms. The van der Waals surface area contributed by atoms with Gasteiger partial charge in [-0.3, -0.25) is 4.79 Å². The smallest absolute Gasteiger partial charge is 0.251 e. The van der Waals surface area contributed by atoms with Gasteiger partial charge in [-0.05, 0) is 61.7 Å². The minimum atomic E-state index is -0.262. The monoisotopic (exact) mass is 285 g/mol. The fraction of sp³-hybridized carbons (Fsp3) is 0.235. The lowest BCUT2D eigenvalue weighted by molar-refractivity contribution is -0.114. The van der Waals surface area contributed by atoms with Gasteiger partial charge in [-0.2, -0.15) is 0 Å². The first-order chi connectivity index (χ1) is 10.1. The molecule has 1 aliphatic rings. The Bertz CT molecular complexity index is 676. The van der Waals surface area contributed by atoms with Crippen LogP contribution < -0.4 is 4.90 Å². The molecule has 1 atom stereocenters. The van der Waals surface area contributed by atoms with Crippen molar-refractivity contribution in [1.29, 1.82) is 0 Å². The van der Waals surface area contributed by atoms with Gasteiger partial charge in [-0.15, -0.1) is 0 Å². The highest BCUT2D eigenvalue weighted by Gasteiger charge is 2.27. The van der Waals surface area contributed by atoms with Crippen molar-refractivity contribution in [3.8, 4) is 0 Å². The quantitative estimate of drug-likeness (QED) is 0.786. The molecule has 0 saturated carbocycles. The molecule has 4 heteroatoms. The Labute approximate surface area is 122 Å². The first kappa shape index (κ1) is 13.6. The first-order valence-corrected chi connectivity index (χ1v) is 6.98. The van der Waals surface area contributed by atoms with Gasteiger partial charge in [0.25, 0.3) is 5.91 Å². The largest absolute Gasteiger partial charge is 0.465 e. The molecule has 108 valence electrons. The maximum Gasteiger partial charge on any atom is 0.251 e. The standard InChI is InChI=1S/C17H16FNO2/c1-12-4-5-13-11-14(18)6-8-16(13)19(12)17(20)9-7-15-3-2-10-21-15/h2-3,6-12H,4-5H2,1H3/b9-7+. The molecule has 2 aromatic rings. The first-order valence-electron chi connectivity index (χ1n) is 6.98. The van der Waals surface area contributed by atoms with E-state index in [1.54, 1.807) is 35.4 Å². The van der Waals surface area contributed by atoms with Gasteiger partial charge in [0, 0.05) is 17.8 Å². The lowest BCUT2D eigenvalue weighted by atomic mass is 9.96. The Balaban J connectivity index is 1.89. The zero-order chi connectivity index (χ0) is 14.8. The van der Waals surface area contributed by atoms with E-state index in [-0.39, 0.29) is 17.8 Å². The van der Waals surface area contributed by atoms with Gasteiger partial charge < -0.3 is 9.32 Å². The number of furan rings is 1. The second-order valence-corrected chi connectivity index (χ2v) is 5.22. The number of benzene rings is 1. The lowest BCUT2D eigenvalue weighted by Crippen LogP contribution is -2.41. The summed E-state index contributed by atoms with van der Waals surface area (Å²) in [5.41, 5.74) is 1.68. The maximum atomic E-state index is 13.3. The Hall–Kier alpha value is -2.36. The predicted molar refractivity (Wildman–Crippen MR) is 79.4 cm³/mol. The molecule has 1 unspecified atom stereocenters. The Morgan fingerprint density at radius 3 is 3.05 bits per heavy atom. The fourth-order valence-corrected chi connectivity index (χ4v) is 2.68. The highest BCUT2D eigenvalue weighted by Crippen LogP contribution is 2.31. The number of aryl methyl sites for hydroxylation is 1. The van der Waals surface area contributed by atoms with Crippen LogP contribution in [-0.2, 0) is 11.2 Å². The van der Waals surface area contributed by atoms with Gasteiger partial charge in [-0.25, -0.2) is 4.39 Å². The molecule has 3 nitrogen and oxygen atoms in total. The Morgan fingerprint density at radius 1 is 1.43 bits per heavy atom. The van der Waals surface area contributed by atoms with Crippen LogP contribution in [0.1, 0.15) is 24.7 Å². The molecular formula is C17H16FNO2. The van der Waals surface area contributed by atoms with Crippen LogP contribution in [0.15, 0.2) is 47.1 Å². The number of anilines is 1. The number of halogens is 1. The molecule has 1 amide bonds. The second-order valence-electron chi connectivity index (χ2n) is 5.22. The molecule has 2 heterocycles. The van der Waals surface area contributed by atoms with E-state index in [2.05, 4.69) is 0 Å². The predicted octanol–water partition coefficient (Wildman–Crippen LogP) is 3.80. The second kappa shape index (κ2) is 5.56. The van der Waals surface area contributed by atoms with E-state index in [9.17, 15) is 9.18 Å². The molecule has 0 aliphatic carbocycles. The summed E-state index contributed by atoms with van der Waals surface area (Å²) in [4.78, 5) is 14.2. The fourth-order valence-electron chi connectivity index (χ4n) is 2.68. The molecule has 1 aromatic heterocycles. The van der Waals surface area contributed by atoms with E-state index in [0.717, 1.165) is 24.1 Å². The molecule has 0 radical (unpaired) electrons. The van der Waals surface area contributed by atoms with Crippen LogP contribution in [-0.4, -0.2) is 11.9 Å². The van der Waals surface area contributed by atoms with E-state index in [0.29, 0.717) is 5.76 Å². The summed E-state index contributed by atoms with van der Waals surface area (Å²) in [6.45, 7) is 2.00. The van der Waals surface area contributed by atoms with E-state index < -0.39 is 0 Å². The van der Waals surface area contributed by atoms with Crippen LogP contribution in [0.25, 0.3) is 6.08 Å². The van der Waals surface area contributed by atoms with Gasteiger partial charge in [0.05, 0.1) is 6.26 Å². The van der Waals surface area contributed by atoms with Crippen molar-refractivity contribution in [2.75, 3.05) is 4.90 Å². The molecule has 1 aliphatic heterocycles. The topological polar surface area (TPSA) is 33.5 Å². The van der Waals surface area contributed by atoms with Crippen LogP contribution in [0.2, 0.25) is 0 Å². The number of nitrogens with zero attached hydrogens (tertiary/aromatic N) is 1. The third-order valence-corrected chi connectivity index (χ3v) is 3.74. The van der Waals surface area contributed by atoms with Gasteiger partial charge >= 0.3 is 0 Å². The molecule has 0 spiro atoms. The van der Waals surface area contributed by atoms with Crippen LogP contribution in [0, 0.1) is 5.82 Å². The number of carbonyl (C=O) groups is 1. The molecular weight excluding hydrogens is 269 g/mol. The highest BCUT2D eigenvalue weighted by molar-refractivity contribution is 6.04. The van der Waals surface area contributed by atoms with Crippen molar-refractivity contribution in [3.63, 3.8) is 0 Å². The third kappa shape index (κ3) is 2.75. The van der Waals surface area contributed by atoms with Crippen LogP contribution >= 0.6 is 0 Å². The average Bonchev–Trinajstić information content (AvgIpc) is 2.98. The van der Waals surface area contributed by atoms with Gasteiger partial charge in [0.1, 0.15) is 11.6 Å². The molecule has 0 saturated heterocycles. The van der Waals surface area contributed by atoms with Crippen molar-refractivity contribution >= 4 is 17.7 Å². The molecule has 0 fully saturated rings. The van der Waals surface area contributed by atoms with Crippen LogP contribution in [0.4, 0.5) is 10.1 Å². The van der Waals surface area contributed by atoms with E-state index in [1.807, 2.05) is 6.92 Å². The highest BCUT2D eigenvalue weighted by atomic mass is 19.1. The van der Waals surface area contributed by atoms with Crippen molar-refractivity contribution < 1.29 is 13.6 Å². The minimum Gasteiger partial charge on any atom is -0.465 e. The van der Waals surface area contributed by atoms with Gasteiger partial charge in [0.15, 0.2) is 0 Å². The van der Waals surface area contributed by atoms with E-state index >= 15 is 0 Å². The Kier molecular flexibility index (Phi) is 3.60. The lowest BCUT2D eigenvalue weighted by Gasteiger charge is -2.34. The number of amides is 1. The molecule has 1 aromatic carbocycles. The Morgan fingerprint density at radius 2 is 2.29 bits per heavy atom. The summed E-state index contributed by atoms with van der Waals surface area (Å²) in [5.74, 6) is 0.251. The number of fused-ring (bicyclic) bond motifs is 1. The van der Waals surface area contributed by atoms with E-state index in [1.165, 1.54) is 18.2 Å². The summed E-state index contributed by atoms with van der Waals surface area (Å²) in [6, 6.07) is 8.24. The minimum absolute atomic E-state index is 0.0942. The summed E-state index contributed by atoms with van der Waals surface area (Å²) in [5, 5.41) is 0. The molecule has 3 rings (SSSR count). The van der Waals surface area contributed by atoms with Crippen molar-refractivity contribution in [2.45, 2.75) is 25.8 Å². The zero-order valence-electron chi connectivity index (χ0n) is 11.8. The normalized spacial score (nSPS) is 18.0. The van der Waals surface area contributed by atoms with Crippen molar-refractivity contribution in [3.05, 3.63) is 59.8 Å². The summed E-state index contributed by atoms with van der Waals surface area (Å²) in [7, 11) is 0. The summed E-state index contributed by atoms with van der Waals surface area (Å²) in [6.07, 6.45) is 6.32. The van der Waals surface area contributed by atoms with Crippen LogP contribution in [0.3, 0.4) is 0 Å². The van der Waals surface area contributed by atoms with Gasteiger partial charge in [0.2, 0.25) is 0 Å². The number of rotatable bonds is 2. The third-order valence-electron chi connectivity index (χ3n) is 3.74. The number of carbonyl (C=O) groups excluding carboxylic acids is 1. The molecule has 0 N–H and O–H groups in total. The zero-order valence-corrected chi connectivity index (χ0v) is 11.8. The number of hydrogen-bond donors (Lipinski definition) is 0. The van der Waals surface area contributed by atoms with Crippen LogP contribution in [0.5, 0.6) is 0 Å². The van der Waals surface area contributed by atoms with Gasteiger partial charge in [-0.1, -0.05) is 0 Å². The number of hydrogen-bond acceptors (Lipinski definition) is 2. The van der Waals surface area contributed by atoms with Crippen molar-refractivity contribution in [2.24, 2.45) is 0 Å².